The van der Waals surface area contributed by atoms with Gasteiger partial charge in [0.1, 0.15) is 5.82 Å². The zero-order valence-corrected chi connectivity index (χ0v) is 19.0. The zero-order valence-electron chi connectivity index (χ0n) is 17.4. The lowest BCUT2D eigenvalue weighted by molar-refractivity contribution is -0.139. The van der Waals surface area contributed by atoms with Gasteiger partial charge in [0.2, 0.25) is 10.0 Å². The minimum absolute atomic E-state index is 0.103. The highest BCUT2D eigenvalue weighted by molar-refractivity contribution is 7.89. The van der Waals surface area contributed by atoms with Gasteiger partial charge in [-0.3, -0.25) is 9.59 Å². The van der Waals surface area contributed by atoms with E-state index in [0.29, 0.717) is 24.4 Å². The van der Waals surface area contributed by atoms with Crippen LogP contribution in [0.5, 0.6) is 0 Å². The average Bonchev–Trinajstić information content (AvgIpc) is 2.79. The number of sulfonamides is 1. The van der Waals surface area contributed by atoms with Gasteiger partial charge in [0.05, 0.1) is 4.90 Å². The molecule has 0 unspecified atom stereocenters. The number of amides is 2. The third kappa shape index (κ3) is 6.05. The van der Waals surface area contributed by atoms with Crippen molar-refractivity contribution < 1.29 is 22.4 Å². The number of carbonyl (C=O) groups excluding carboxylic acids is 2. The molecule has 7 nitrogen and oxygen atoms in total. The molecule has 2 N–H and O–H groups in total. The molecule has 1 heterocycles. The van der Waals surface area contributed by atoms with Crippen LogP contribution in [0.1, 0.15) is 31.2 Å². The Labute approximate surface area is 192 Å². The van der Waals surface area contributed by atoms with E-state index in [4.69, 9.17) is 11.6 Å². The Morgan fingerprint density at radius 1 is 1.03 bits per heavy atom. The standard InChI is InChI=1S/C22H25ClFN3O4S/c23-17-8-10-19(11-9-17)32(30,31)27-14-4-3-6-18(27)12-13-25-21(28)22(29)26-15-16-5-1-2-7-20(16)24/h1-2,5,7-11,18H,3-4,6,12-15H2,(H,25,28)(H,26,29)/t18-/m1/s1. The van der Waals surface area contributed by atoms with Gasteiger partial charge >= 0.3 is 11.8 Å². The summed E-state index contributed by atoms with van der Waals surface area (Å²) in [4.78, 5) is 24.2. The summed E-state index contributed by atoms with van der Waals surface area (Å²) in [6, 6.07) is 11.7. The summed E-state index contributed by atoms with van der Waals surface area (Å²) in [5.41, 5.74) is 0.277. The van der Waals surface area contributed by atoms with Crippen LogP contribution >= 0.6 is 11.6 Å². The quantitative estimate of drug-likeness (QED) is 0.594. The number of rotatable bonds is 7. The molecule has 32 heavy (non-hydrogen) atoms. The second kappa shape index (κ2) is 10.9. The van der Waals surface area contributed by atoms with Gasteiger partial charge in [0.25, 0.3) is 0 Å². The molecule has 1 saturated heterocycles. The van der Waals surface area contributed by atoms with E-state index in [9.17, 15) is 22.4 Å². The molecule has 10 heteroatoms. The van der Waals surface area contributed by atoms with Crippen molar-refractivity contribution in [2.75, 3.05) is 13.1 Å². The normalized spacial score (nSPS) is 17.0. The van der Waals surface area contributed by atoms with E-state index in [1.165, 1.54) is 46.8 Å². The van der Waals surface area contributed by atoms with Crippen LogP contribution < -0.4 is 10.6 Å². The van der Waals surface area contributed by atoms with Crippen molar-refractivity contribution in [3.8, 4) is 0 Å². The number of nitrogens with zero attached hydrogens (tertiary/aromatic N) is 1. The van der Waals surface area contributed by atoms with Gasteiger partial charge in [-0.05, 0) is 49.6 Å². The molecule has 3 rings (SSSR count). The van der Waals surface area contributed by atoms with E-state index in [2.05, 4.69) is 10.6 Å². The maximum absolute atomic E-state index is 13.6. The number of carbonyl (C=O) groups is 2. The lowest BCUT2D eigenvalue weighted by atomic mass is 10.0. The summed E-state index contributed by atoms with van der Waals surface area (Å²) in [5.74, 6) is -2.18. The molecule has 0 bridgehead atoms. The number of nitrogens with one attached hydrogen (secondary N) is 2. The molecule has 1 atom stereocenters. The Kier molecular flexibility index (Phi) is 8.22. The summed E-state index contributed by atoms with van der Waals surface area (Å²) in [6.45, 7) is 0.435. The Morgan fingerprint density at radius 2 is 1.72 bits per heavy atom. The largest absolute Gasteiger partial charge is 0.348 e. The van der Waals surface area contributed by atoms with Crippen LogP contribution in [0.25, 0.3) is 0 Å². The molecule has 2 amide bonds. The first-order valence-electron chi connectivity index (χ1n) is 10.4. The molecule has 2 aromatic carbocycles. The first kappa shape index (κ1) is 24.2. The van der Waals surface area contributed by atoms with Crippen LogP contribution in [-0.4, -0.2) is 43.7 Å². The van der Waals surface area contributed by atoms with Gasteiger partial charge in [0, 0.05) is 36.3 Å². The topological polar surface area (TPSA) is 95.6 Å². The highest BCUT2D eigenvalue weighted by Gasteiger charge is 2.33. The molecular formula is C22H25ClFN3O4S. The van der Waals surface area contributed by atoms with Crippen molar-refractivity contribution in [3.63, 3.8) is 0 Å². The van der Waals surface area contributed by atoms with Gasteiger partial charge in [-0.15, -0.1) is 0 Å². The van der Waals surface area contributed by atoms with Crippen molar-refractivity contribution >= 4 is 33.4 Å². The summed E-state index contributed by atoms with van der Waals surface area (Å²) < 4.78 is 41.2. The molecule has 0 spiro atoms. The molecule has 0 saturated carbocycles. The van der Waals surface area contributed by atoms with Crippen LogP contribution in [0, 0.1) is 5.82 Å². The highest BCUT2D eigenvalue weighted by atomic mass is 35.5. The van der Waals surface area contributed by atoms with Crippen molar-refractivity contribution in [2.24, 2.45) is 0 Å². The van der Waals surface area contributed by atoms with Gasteiger partial charge in [0.15, 0.2) is 0 Å². The van der Waals surface area contributed by atoms with Crippen LogP contribution in [0.3, 0.4) is 0 Å². The fraction of sp³-hybridized carbons (Fsp3) is 0.364. The van der Waals surface area contributed by atoms with Crippen LogP contribution in [-0.2, 0) is 26.2 Å². The fourth-order valence-corrected chi connectivity index (χ4v) is 5.50. The van der Waals surface area contributed by atoms with Crippen LogP contribution in [0.15, 0.2) is 53.4 Å². The number of hydrogen-bond donors (Lipinski definition) is 2. The van der Waals surface area contributed by atoms with Gasteiger partial charge < -0.3 is 10.6 Å². The summed E-state index contributed by atoms with van der Waals surface area (Å²) in [7, 11) is -3.69. The third-order valence-electron chi connectivity index (χ3n) is 5.36. The highest BCUT2D eigenvalue weighted by Crippen LogP contribution is 2.27. The first-order chi connectivity index (χ1) is 15.3. The SMILES string of the molecule is O=C(NCC[C@H]1CCCCN1S(=O)(=O)c1ccc(Cl)cc1)C(=O)NCc1ccccc1F. The molecule has 2 aromatic rings. The lowest BCUT2D eigenvalue weighted by Crippen LogP contribution is -2.46. The predicted molar refractivity (Wildman–Crippen MR) is 119 cm³/mol. The molecule has 0 radical (unpaired) electrons. The van der Waals surface area contributed by atoms with Gasteiger partial charge in [-0.1, -0.05) is 36.2 Å². The fourth-order valence-electron chi connectivity index (χ4n) is 3.65. The van der Waals surface area contributed by atoms with E-state index in [0.717, 1.165) is 12.8 Å². The molecule has 1 fully saturated rings. The molecular weight excluding hydrogens is 457 g/mol. The second-order valence-corrected chi connectivity index (χ2v) is 9.86. The Morgan fingerprint density at radius 3 is 2.44 bits per heavy atom. The molecule has 1 aliphatic rings. The van der Waals surface area contributed by atoms with Gasteiger partial charge in [-0.2, -0.15) is 4.31 Å². The van der Waals surface area contributed by atoms with E-state index in [-0.39, 0.29) is 29.6 Å². The number of halogens is 2. The molecule has 0 aliphatic carbocycles. The first-order valence-corrected chi connectivity index (χ1v) is 12.2. The monoisotopic (exact) mass is 481 g/mol. The predicted octanol–water partition coefficient (Wildman–Crippen LogP) is 2.85. The van der Waals surface area contributed by atoms with Crippen molar-refractivity contribution in [1.82, 2.24) is 14.9 Å². The Balaban J connectivity index is 1.53. The van der Waals surface area contributed by atoms with Crippen molar-refractivity contribution in [1.29, 1.82) is 0 Å². The van der Waals surface area contributed by atoms with Crippen molar-refractivity contribution in [3.05, 3.63) is 64.9 Å². The average molecular weight is 482 g/mol. The van der Waals surface area contributed by atoms with Crippen LogP contribution in [0.2, 0.25) is 5.02 Å². The van der Waals surface area contributed by atoms with E-state index >= 15 is 0 Å². The third-order valence-corrected chi connectivity index (χ3v) is 7.58. The minimum Gasteiger partial charge on any atom is -0.348 e. The van der Waals surface area contributed by atoms with Gasteiger partial charge in [-0.25, -0.2) is 12.8 Å². The second-order valence-electron chi connectivity index (χ2n) is 7.54. The van der Waals surface area contributed by atoms with Crippen LogP contribution in [0.4, 0.5) is 4.39 Å². The zero-order chi connectivity index (χ0) is 23.1. The Hall–Kier alpha value is -2.49. The number of piperidine rings is 1. The molecule has 172 valence electrons. The summed E-state index contributed by atoms with van der Waals surface area (Å²) in [6.07, 6.45) is 2.68. The smallest absolute Gasteiger partial charge is 0.309 e. The summed E-state index contributed by atoms with van der Waals surface area (Å²) >= 11 is 5.86. The maximum Gasteiger partial charge on any atom is 0.309 e. The van der Waals surface area contributed by atoms with Crippen molar-refractivity contribution in [2.45, 2.75) is 43.2 Å². The van der Waals surface area contributed by atoms with E-state index in [1.807, 2.05) is 0 Å². The number of benzene rings is 2. The van der Waals surface area contributed by atoms with E-state index < -0.39 is 27.7 Å². The minimum atomic E-state index is -3.69. The molecule has 0 aromatic heterocycles. The number of hydrogen-bond acceptors (Lipinski definition) is 4. The Bertz CT molecular complexity index is 1060. The lowest BCUT2D eigenvalue weighted by Gasteiger charge is -2.34. The maximum atomic E-state index is 13.6. The molecule has 1 aliphatic heterocycles. The van der Waals surface area contributed by atoms with E-state index in [1.54, 1.807) is 6.07 Å². The summed E-state index contributed by atoms with van der Waals surface area (Å²) in [5, 5.41) is 5.35.